The van der Waals surface area contributed by atoms with Crippen LogP contribution in [0.15, 0.2) is 24.7 Å². The summed E-state index contributed by atoms with van der Waals surface area (Å²) >= 11 is 5.73. The van der Waals surface area contributed by atoms with Crippen LogP contribution >= 0.6 is 11.6 Å². The molecular formula is C10H11ClN4O. The smallest absolute Gasteiger partial charge is 0.212 e. The van der Waals surface area contributed by atoms with Gasteiger partial charge in [0.2, 0.25) is 5.88 Å². The van der Waals surface area contributed by atoms with Crippen molar-refractivity contribution in [1.82, 2.24) is 19.7 Å². The fourth-order valence-corrected chi connectivity index (χ4v) is 1.54. The number of hydrogen-bond donors (Lipinski definition) is 0. The highest BCUT2D eigenvalue weighted by Crippen LogP contribution is 2.09. The number of ether oxygens (including phenoxy) is 1. The summed E-state index contributed by atoms with van der Waals surface area (Å²) in [6, 6.07) is 3.77. The summed E-state index contributed by atoms with van der Waals surface area (Å²) in [4.78, 5) is 4.12. The fourth-order valence-electron chi connectivity index (χ4n) is 1.34. The minimum Gasteiger partial charge on any atom is -0.481 e. The number of rotatable bonds is 4. The number of nitrogens with zero attached hydrogens (tertiary/aromatic N) is 4. The van der Waals surface area contributed by atoms with E-state index in [0.29, 0.717) is 18.3 Å². The van der Waals surface area contributed by atoms with Gasteiger partial charge in [0.05, 0.1) is 19.5 Å². The summed E-state index contributed by atoms with van der Waals surface area (Å²) in [7, 11) is 1.59. The zero-order valence-electron chi connectivity index (χ0n) is 8.80. The second-order valence-corrected chi connectivity index (χ2v) is 3.48. The van der Waals surface area contributed by atoms with E-state index in [2.05, 4.69) is 15.2 Å². The molecule has 0 amide bonds. The normalized spacial score (nSPS) is 10.4. The van der Waals surface area contributed by atoms with Gasteiger partial charge in [0.15, 0.2) is 0 Å². The average molecular weight is 239 g/mol. The highest BCUT2D eigenvalue weighted by atomic mass is 35.5. The first kappa shape index (κ1) is 10.9. The predicted octanol–water partition coefficient (Wildman–Crippen LogP) is 1.47. The highest BCUT2D eigenvalue weighted by molar-refractivity contribution is 6.16. The van der Waals surface area contributed by atoms with E-state index >= 15 is 0 Å². The summed E-state index contributed by atoms with van der Waals surface area (Å²) in [6.45, 7) is 0.659. The van der Waals surface area contributed by atoms with Gasteiger partial charge in [-0.2, -0.15) is 0 Å². The van der Waals surface area contributed by atoms with E-state index in [-0.39, 0.29) is 0 Å². The quantitative estimate of drug-likeness (QED) is 0.757. The Balaban J connectivity index is 2.14. The topological polar surface area (TPSA) is 52.8 Å². The minimum absolute atomic E-state index is 0.351. The zero-order valence-corrected chi connectivity index (χ0v) is 9.55. The third-order valence-corrected chi connectivity index (χ3v) is 2.41. The fraction of sp³-hybridized carbons (Fsp3) is 0.300. The van der Waals surface area contributed by atoms with Gasteiger partial charge in [0, 0.05) is 12.3 Å². The van der Waals surface area contributed by atoms with E-state index < -0.39 is 0 Å². The number of hydrogen-bond acceptors (Lipinski definition) is 4. The molecule has 0 aliphatic heterocycles. The highest BCUT2D eigenvalue weighted by Gasteiger charge is 2.03. The van der Waals surface area contributed by atoms with Crippen LogP contribution in [0, 0.1) is 0 Å². The summed E-state index contributed by atoms with van der Waals surface area (Å²) in [5.74, 6) is 1.70. The maximum atomic E-state index is 5.73. The lowest BCUT2D eigenvalue weighted by molar-refractivity contribution is 0.397. The van der Waals surface area contributed by atoms with Crippen molar-refractivity contribution in [2.75, 3.05) is 7.11 Å². The summed E-state index contributed by atoms with van der Waals surface area (Å²) < 4.78 is 6.87. The van der Waals surface area contributed by atoms with Crippen LogP contribution in [0.4, 0.5) is 0 Å². The lowest BCUT2D eigenvalue weighted by Crippen LogP contribution is -2.03. The Labute approximate surface area is 98.0 Å². The van der Waals surface area contributed by atoms with Crippen LogP contribution in [-0.2, 0) is 12.4 Å². The molecule has 84 valence electrons. The van der Waals surface area contributed by atoms with Crippen LogP contribution in [0.25, 0.3) is 0 Å². The van der Waals surface area contributed by atoms with Gasteiger partial charge < -0.3 is 9.30 Å². The van der Waals surface area contributed by atoms with Crippen molar-refractivity contribution in [2.24, 2.45) is 0 Å². The number of alkyl halides is 1. The maximum Gasteiger partial charge on any atom is 0.212 e. The molecule has 16 heavy (non-hydrogen) atoms. The predicted molar refractivity (Wildman–Crippen MR) is 59.5 cm³/mol. The summed E-state index contributed by atoms with van der Waals surface area (Å²) in [6.07, 6.45) is 3.42. The van der Waals surface area contributed by atoms with E-state index in [9.17, 15) is 0 Å². The van der Waals surface area contributed by atoms with E-state index in [1.165, 1.54) is 0 Å². The Morgan fingerprint density at radius 1 is 1.44 bits per heavy atom. The van der Waals surface area contributed by atoms with Crippen LogP contribution < -0.4 is 4.74 Å². The van der Waals surface area contributed by atoms with Gasteiger partial charge in [0.1, 0.15) is 12.2 Å². The second kappa shape index (κ2) is 4.94. The summed E-state index contributed by atoms with van der Waals surface area (Å²) in [5, 5.41) is 7.71. The molecule has 2 rings (SSSR count). The molecule has 0 aliphatic carbocycles. The van der Waals surface area contributed by atoms with Crippen LogP contribution in [0.1, 0.15) is 11.4 Å². The van der Waals surface area contributed by atoms with Gasteiger partial charge in [-0.3, -0.25) is 0 Å². The van der Waals surface area contributed by atoms with Crippen molar-refractivity contribution < 1.29 is 4.74 Å². The summed E-state index contributed by atoms with van der Waals surface area (Å²) in [5.41, 5.74) is 1.05. The van der Waals surface area contributed by atoms with Gasteiger partial charge in [0.25, 0.3) is 0 Å². The molecule has 0 fully saturated rings. The molecule has 0 radical (unpaired) electrons. The van der Waals surface area contributed by atoms with Crippen LogP contribution in [0.3, 0.4) is 0 Å². The van der Waals surface area contributed by atoms with Crippen LogP contribution in [0.2, 0.25) is 0 Å². The minimum atomic E-state index is 0.351. The van der Waals surface area contributed by atoms with Gasteiger partial charge >= 0.3 is 0 Å². The Kier molecular flexibility index (Phi) is 3.36. The van der Waals surface area contributed by atoms with Gasteiger partial charge in [-0.05, 0) is 5.56 Å². The number of aromatic nitrogens is 4. The second-order valence-electron chi connectivity index (χ2n) is 3.22. The zero-order chi connectivity index (χ0) is 11.4. The molecular weight excluding hydrogens is 228 g/mol. The van der Waals surface area contributed by atoms with Crippen molar-refractivity contribution in [3.05, 3.63) is 36.0 Å². The molecule has 2 heterocycles. The average Bonchev–Trinajstić information content (AvgIpc) is 2.77. The van der Waals surface area contributed by atoms with E-state index in [1.807, 2.05) is 16.7 Å². The molecule has 0 unspecified atom stereocenters. The Bertz CT molecular complexity index is 454. The lowest BCUT2D eigenvalue weighted by atomic mass is 10.3. The molecule has 6 heteroatoms. The van der Waals surface area contributed by atoms with E-state index in [4.69, 9.17) is 16.3 Å². The number of halogens is 1. The molecule has 0 atom stereocenters. The molecule has 2 aromatic heterocycles. The number of methoxy groups -OCH3 is 1. The molecule has 0 aliphatic rings. The molecule has 0 spiro atoms. The molecule has 0 aromatic carbocycles. The van der Waals surface area contributed by atoms with E-state index in [0.717, 1.165) is 11.4 Å². The first-order valence-electron chi connectivity index (χ1n) is 4.75. The van der Waals surface area contributed by atoms with Crippen molar-refractivity contribution in [3.63, 3.8) is 0 Å². The first-order valence-corrected chi connectivity index (χ1v) is 5.28. The third-order valence-electron chi connectivity index (χ3n) is 2.17. The standard InChI is InChI=1S/C10H11ClN4O/c1-16-10-3-2-8(5-12-10)6-15-7-13-14-9(15)4-11/h2-3,5,7H,4,6H2,1H3. The van der Waals surface area contributed by atoms with Crippen molar-refractivity contribution in [3.8, 4) is 5.88 Å². The molecule has 2 aromatic rings. The Morgan fingerprint density at radius 2 is 2.31 bits per heavy atom. The van der Waals surface area contributed by atoms with Crippen molar-refractivity contribution in [1.29, 1.82) is 0 Å². The molecule has 0 saturated carbocycles. The van der Waals surface area contributed by atoms with Crippen LogP contribution in [0.5, 0.6) is 5.88 Å². The maximum absolute atomic E-state index is 5.73. The monoisotopic (exact) mass is 238 g/mol. The molecule has 0 saturated heterocycles. The van der Waals surface area contributed by atoms with Gasteiger partial charge in [-0.25, -0.2) is 4.98 Å². The SMILES string of the molecule is COc1ccc(Cn2cnnc2CCl)cn1. The molecule has 0 bridgehead atoms. The van der Waals surface area contributed by atoms with E-state index in [1.54, 1.807) is 19.6 Å². The lowest BCUT2D eigenvalue weighted by Gasteiger charge is -2.05. The molecule has 0 N–H and O–H groups in total. The van der Waals surface area contributed by atoms with Gasteiger partial charge in [-0.1, -0.05) is 6.07 Å². The number of pyridine rings is 1. The Morgan fingerprint density at radius 3 is 2.94 bits per heavy atom. The molecule has 5 nitrogen and oxygen atoms in total. The van der Waals surface area contributed by atoms with Crippen LogP contribution in [-0.4, -0.2) is 26.9 Å². The van der Waals surface area contributed by atoms with Gasteiger partial charge in [-0.15, -0.1) is 21.8 Å². The largest absolute Gasteiger partial charge is 0.481 e. The van der Waals surface area contributed by atoms with Crippen molar-refractivity contribution in [2.45, 2.75) is 12.4 Å². The Hall–Kier alpha value is -1.62. The third kappa shape index (κ3) is 2.30. The first-order chi connectivity index (χ1) is 7.83. The van der Waals surface area contributed by atoms with Crippen molar-refractivity contribution >= 4 is 11.6 Å².